The predicted molar refractivity (Wildman–Crippen MR) is 55.8 cm³/mol. The fourth-order valence-corrected chi connectivity index (χ4v) is 1.73. The first-order valence-electron chi connectivity index (χ1n) is 4.66. The van der Waals surface area contributed by atoms with Crippen molar-refractivity contribution in [3.63, 3.8) is 0 Å². The number of rotatable bonds is 2. The summed E-state index contributed by atoms with van der Waals surface area (Å²) in [4.78, 5) is 18.8. The number of anilines is 2. The summed E-state index contributed by atoms with van der Waals surface area (Å²) in [5, 5.41) is 0. The molecule has 0 aliphatic carbocycles. The molecule has 0 radical (unpaired) electrons. The summed E-state index contributed by atoms with van der Waals surface area (Å²) in [6.07, 6.45) is 4.54. The highest BCUT2D eigenvalue weighted by Crippen LogP contribution is 2.30. The molecule has 4 heteroatoms. The van der Waals surface area contributed by atoms with Gasteiger partial charge >= 0.3 is 0 Å². The number of carbonyl (C=O) groups excluding carboxylic acids is 1. The molecule has 0 fully saturated rings. The van der Waals surface area contributed by atoms with Gasteiger partial charge in [0.05, 0.1) is 24.1 Å². The van der Waals surface area contributed by atoms with Crippen LogP contribution in [0.5, 0.6) is 0 Å². The van der Waals surface area contributed by atoms with E-state index in [0.29, 0.717) is 6.54 Å². The smallest absolute Gasteiger partial charge is 0.139 e. The molecule has 1 aliphatic heterocycles. The number of carbonyl (C=O) groups is 1. The van der Waals surface area contributed by atoms with E-state index < -0.39 is 0 Å². The third kappa shape index (κ3) is 1.43. The molecule has 0 amide bonds. The van der Waals surface area contributed by atoms with Crippen molar-refractivity contribution in [3.8, 4) is 0 Å². The van der Waals surface area contributed by atoms with Crippen LogP contribution in [0.2, 0.25) is 0 Å². The first-order valence-corrected chi connectivity index (χ1v) is 4.66. The van der Waals surface area contributed by atoms with Crippen molar-refractivity contribution in [2.24, 2.45) is 0 Å². The highest BCUT2D eigenvalue weighted by molar-refractivity contribution is 5.75. The van der Waals surface area contributed by atoms with Crippen LogP contribution in [-0.4, -0.2) is 38.0 Å². The molecule has 0 saturated heterocycles. The maximum atomic E-state index is 10.5. The van der Waals surface area contributed by atoms with Crippen LogP contribution in [0.1, 0.15) is 0 Å². The number of aromatic nitrogens is 1. The van der Waals surface area contributed by atoms with Gasteiger partial charge in [0.1, 0.15) is 6.29 Å². The molecule has 74 valence electrons. The zero-order valence-electron chi connectivity index (χ0n) is 8.18. The minimum atomic E-state index is 0.463. The number of pyridine rings is 1. The predicted octanol–water partition coefficient (Wildman–Crippen LogP) is 0.537. The molecule has 0 spiro atoms. The van der Waals surface area contributed by atoms with Gasteiger partial charge < -0.3 is 14.6 Å². The van der Waals surface area contributed by atoms with Crippen LogP contribution in [-0.2, 0) is 4.79 Å². The average Bonchev–Trinajstić information content (AvgIpc) is 2.23. The second-order valence-electron chi connectivity index (χ2n) is 3.40. The summed E-state index contributed by atoms with van der Waals surface area (Å²) in [6.45, 7) is 2.30. The number of nitrogens with zero attached hydrogens (tertiary/aromatic N) is 3. The lowest BCUT2D eigenvalue weighted by atomic mass is 10.2. The monoisotopic (exact) mass is 191 g/mol. The summed E-state index contributed by atoms with van der Waals surface area (Å²) in [5.74, 6) is 0. The Labute approximate surface area is 83.2 Å². The van der Waals surface area contributed by atoms with Gasteiger partial charge in [-0.25, -0.2) is 0 Å². The van der Waals surface area contributed by atoms with Gasteiger partial charge in [-0.05, 0) is 6.07 Å². The first kappa shape index (κ1) is 8.99. The summed E-state index contributed by atoms with van der Waals surface area (Å²) in [6, 6.07) is 1.95. The van der Waals surface area contributed by atoms with E-state index in [-0.39, 0.29) is 0 Å². The van der Waals surface area contributed by atoms with E-state index >= 15 is 0 Å². The number of likely N-dealkylation sites (N-methyl/N-ethyl adjacent to an activating group) is 1. The Morgan fingerprint density at radius 3 is 3.14 bits per heavy atom. The van der Waals surface area contributed by atoms with Gasteiger partial charge in [-0.3, -0.25) is 4.98 Å². The Hall–Kier alpha value is -1.58. The molecular formula is C10H13N3O. The fraction of sp³-hybridized carbons (Fsp3) is 0.400. The van der Waals surface area contributed by atoms with Gasteiger partial charge in [-0.15, -0.1) is 0 Å². The molecule has 0 bridgehead atoms. The van der Waals surface area contributed by atoms with E-state index in [4.69, 9.17) is 0 Å². The Morgan fingerprint density at radius 2 is 2.36 bits per heavy atom. The number of fused-ring (bicyclic) bond motifs is 1. The Kier molecular flexibility index (Phi) is 2.35. The maximum Gasteiger partial charge on any atom is 0.139 e. The number of hydrogen-bond acceptors (Lipinski definition) is 4. The summed E-state index contributed by atoms with van der Waals surface area (Å²) in [5.41, 5.74) is 2.20. The fourth-order valence-electron chi connectivity index (χ4n) is 1.73. The average molecular weight is 191 g/mol. The molecular weight excluding hydrogens is 178 g/mol. The van der Waals surface area contributed by atoms with E-state index in [9.17, 15) is 4.79 Å². The van der Waals surface area contributed by atoms with Crippen molar-refractivity contribution < 1.29 is 4.79 Å². The molecule has 2 rings (SSSR count). The van der Waals surface area contributed by atoms with Crippen molar-refractivity contribution in [1.29, 1.82) is 0 Å². The lowest BCUT2D eigenvalue weighted by molar-refractivity contribution is -0.106. The zero-order chi connectivity index (χ0) is 9.97. The minimum absolute atomic E-state index is 0.463. The van der Waals surface area contributed by atoms with E-state index in [1.807, 2.05) is 19.3 Å². The molecule has 2 heterocycles. The molecule has 1 aromatic rings. The van der Waals surface area contributed by atoms with E-state index in [2.05, 4.69) is 14.8 Å². The van der Waals surface area contributed by atoms with Crippen LogP contribution >= 0.6 is 0 Å². The normalized spacial score (nSPS) is 15.2. The van der Waals surface area contributed by atoms with Gasteiger partial charge in [-0.2, -0.15) is 0 Å². The second-order valence-corrected chi connectivity index (χ2v) is 3.40. The van der Waals surface area contributed by atoms with Crippen LogP contribution in [0.25, 0.3) is 0 Å². The van der Waals surface area contributed by atoms with Crippen LogP contribution in [0.15, 0.2) is 18.5 Å². The van der Waals surface area contributed by atoms with E-state index in [1.54, 1.807) is 6.20 Å². The minimum Gasteiger partial charge on any atom is -0.370 e. The van der Waals surface area contributed by atoms with Gasteiger partial charge in [0.15, 0.2) is 0 Å². The van der Waals surface area contributed by atoms with Crippen molar-refractivity contribution in [2.45, 2.75) is 0 Å². The van der Waals surface area contributed by atoms with E-state index in [0.717, 1.165) is 30.8 Å². The molecule has 0 atom stereocenters. The lowest BCUT2D eigenvalue weighted by Gasteiger charge is -2.35. The summed E-state index contributed by atoms with van der Waals surface area (Å²) >= 11 is 0. The van der Waals surface area contributed by atoms with Crippen LogP contribution < -0.4 is 9.80 Å². The zero-order valence-corrected chi connectivity index (χ0v) is 8.18. The maximum absolute atomic E-state index is 10.5. The third-order valence-electron chi connectivity index (χ3n) is 2.53. The number of aldehydes is 1. The molecule has 1 aliphatic rings. The Balaban J connectivity index is 2.36. The highest BCUT2D eigenvalue weighted by atomic mass is 16.1. The molecule has 1 aromatic heterocycles. The SMILES string of the molecule is CN1CCN(CC=O)c2ccncc21. The summed E-state index contributed by atoms with van der Waals surface area (Å²) < 4.78 is 0. The van der Waals surface area contributed by atoms with Crippen molar-refractivity contribution >= 4 is 17.7 Å². The van der Waals surface area contributed by atoms with Crippen molar-refractivity contribution in [1.82, 2.24) is 4.98 Å². The molecule has 14 heavy (non-hydrogen) atoms. The second kappa shape index (κ2) is 3.65. The van der Waals surface area contributed by atoms with Gasteiger partial charge in [0.2, 0.25) is 0 Å². The molecule has 0 N–H and O–H groups in total. The molecule has 0 unspecified atom stereocenters. The number of hydrogen-bond donors (Lipinski definition) is 0. The van der Waals surface area contributed by atoms with Crippen molar-refractivity contribution in [2.75, 3.05) is 36.5 Å². The summed E-state index contributed by atoms with van der Waals surface area (Å²) in [7, 11) is 2.04. The highest BCUT2D eigenvalue weighted by Gasteiger charge is 2.19. The van der Waals surface area contributed by atoms with Crippen LogP contribution in [0, 0.1) is 0 Å². The standard InChI is InChI=1S/C10H13N3O/c1-12-4-5-13(6-7-14)9-2-3-11-8-10(9)12/h2-3,7-8H,4-6H2,1H3. The lowest BCUT2D eigenvalue weighted by Crippen LogP contribution is -2.40. The Morgan fingerprint density at radius 1 is 1.50 bits per heavy atom. The molecule has 0 saturated carbocycles. The van der Waals surface area contributed by atoms with Crippen LogP contribution in [0.3, 0.4) is 0 Å². The Bertz CT molecular complexity index is 340. The molecule has 0 aromatic carbocycles. The van der Waals surface area contributed by atoms with Crippen LogP contribution in [0.4, 0.5) is 11.4 Å². The topological polar surface area (TPSA) is 36.4 Å². The van der Waals surface area contributed by atoms with Gasteiger partial charge in [-0.1, -0.05) is 0 Å². The third-order valence-corrected chi connectivity index (χ3v) is 2.53. The quantitative estimate of drug-likeness (QED) is 0.639. The van der Waals surface area contributed by atoms with E-state index in [1.165, 1.54) is 0 Å². The molecule has 4 nitrogen and oxygen atoms in total. The van der Waals surface area contributed by atoms with Crippen molar-refractivity contribution in [3.05, 3.63) is 18.5 Å². The first-order chi connectivity index (χ1) is 6.83. The van der Waals surface area contributed by atoms with Gasteiger partial charge in [0.25, 0.3) is 0 Å². The van der Waals surface area contributed by atoms with Gasteiger partial charge in [0, 0.05) is 26.3 Å². The largest absolute Gasteiger partial charge is 0.370 e.